The van der Waals surface area contributed by atoms with Crippen LogP contribution in [0.5, 0.6) is 0 Å². The average Bonchev–Trinajstić information content (AvgIpc) is 2.61. The second-order valence-corrected chi connectivity index (χ2v) is 9.08. The number of ether oxygens (including phenoxy) is 2. The Balaban J connectivity index is 2.24. The summed E-state index contributed by atoms with van der Waals surface area (Å²) < 4.78 is 11.3. The number of nitrogens with one attached hydrogen (secondary N) is 2. The van der Waals surface area contributed by atoms with Crippen molar-refractivity contribution in [3.8, 4) is 0 Å². The van der Waals surface area contributed by atoms with Crippen LogP contribution in [0.25, 0.3) is 0 Å². The second kappa shape index (κ2) is 11.5. The molecule has 0 aromatic heterocycles. The standard InChI is InChI=1S/C20H32N2O6S/c1-6-7-14(23)12-16(25)29-11-10-21-15(24)8-9-22-18(26)17-19(2,3)13-27-20(4,5)28-17/h6-7,17H,8-13H2,1-5H3,(H,21,24)(H,22,26)/b7-6+. The molecule has 9 heteroatoms. The minimum atomic E-state index is -0.832. The summed E-state index contributed by atoms with van der Waals surface area (Å²) in [5, 5.41) is 5.20. The summed E-state index contributed by atoms with van der Waals surface area (Å²) >= 11 is 1.01. The van der Waals surface area contributed by atoms with Gasteiger partial charge in [-0.05, 0) is 26.8 Å². The molecule has 29 heavy (non-hydrogen) atoms. The molecule has 0 saturated carbocycles. The van der Waals surface area contributed by atoms with E-state index in [4.69, 9.17) is 9.47 Å². The first-order chi connectivity index (χ1) is 13.5. The first kappa shape index (κ1) is 25.3. The molecule has 1 saturated heterocycles. The van der Waals surface area contributed by atoms with Gasteiger partial charge in [0.15, 0.2) is 16.7 Å². The Bertz CT molecular complexity index is 645. The topological polar surface area (TPSA) is 111 Å². The first-order valence-electron chi connectivity index (χ1n) is 9.64. The van der Waals surface area contributed by atoms with Crippen LogP contribution in [-0.2, 0) is 28.7 Å². The van der Waals surface area contributed by atoms with Gasteiger partial charge in [-0.25, -0.2) is 0 Å². The Morgan fingerprint density at radius 1 is 1.10 bits per heavy atom. The van der Waals surface area contributed by atoms with Crippen LogP contribution >= 0.6 is 11.8 Å². The number of carbonyl (C=O) groups excluding carboxylic acids is 4. The molecule has 1 rings (SSSR count). The zero-order valence-corrected chi connectivity index (χ0v) is 18.6. The number of amides is 2. The molecule has 1 heterocycles. The summed E-state index contributed by atoms with van der Waals surface area (Å²) in [6.45, 7) is 9.91. The smallest absolute Gasteiger partial charge is 0.249 e. The molecular formula is C20H32N2O6S. The van der Waals surface area contributed by atoms with E-state index in [9.17, 15) is 19.2 Å². The Labute approximate surface area is 176 Å². The lowest BCUT2D eigenvalue weighted by Crippen LogP contribution is -2.56. The van der Waals surface area contributed by atoms with Crippen LogP contribution in [0.2, 0.25) is 0 Å². The largest absolute Gasteiger partial charge is 0.355 e. The maximum atomic E-state index is 12.5. The van der Waals surface area contributed by atoms with E-state index in [1.54, 1.807) is 26.8 Å². The lowest BCUT2D eigenvalue weighted by molar-refractivity contribution is -0.304. The second-order valence-electron chi connectivity index (χ2n) is 7.93. The van der Waals surface area contributed by atoms with Crippen LogP contribution in [-0.4, -0.2) is 60.1 Å². The van der Waals surface area contributed by atoms with Gasteiger partial charge in [-0.2, -0.15) is 0 Å². The molecule has 0 aliphatic carbocycles. The molecule has 0 bridgehead atoms. The van der Waals surface area contributed by atoms with Crippen LogP contribution in [0.4, 0.5) is 0 Å². The van der Waals surface area contributed by atoms with E-state index in [0.717, 1.165) is 11.8 Å². The van der Waals surface area contributed by atoms with Crippen molar-refractivity contribution in [2.24, 2.45) is 5.41 Å². The molecule has 0 spiro atoms. The van der Waals surface area contributed by atoms with Crippen molar-refractivity contribution in [2.75, 3.05) is 25.4 Å². The molecule has 2 N–H and O–H groups in total. The summed E-state index contributed by atoms with van der Waals surface area (Å²) in [7, 11) is 0. The van der Waals surface area contributed by atoms with Gasteiger partial charge in [-0.1, -0.05) is 31.7 Å². The number of thioether (sulfide) groups is 1. The van der Waals surface area contributed by atoms with Gasteiger partial charge in [0.2, 0.25) is 11.8 Å². The van der Waals surface area contributed by atoms with Gasteiger partial charge in [0, 0.05) is 30.7 Å². The number of carbonyl (C=O) groups is 4. The predicted octanol–water partition coefficient (Wildman–Crippen LogP) is 1.58. The molecule has 1 unspecified atom stereocenters. The number of hydrogen-bond donors (Lipinski definition) is 2. The summed E-state index contributed by atoms with van der Waals surface area (Å²) in [5.41, 5.74) is -0.472. The fraction of sp³-hybridized carbons (Fsp3) is 0.700. The molecule has 1 atom stereocenters. The van der Waals surface area contributed by atoms with Gasteiger partial charge in [-0.15, -0.1) is 0 Å². The van der Waals surface area contributed by atoms with E-state index in [1.165, 1.54) is 6.08 Å². The number of hydrogen-bond acceptors (Lipinski definition) is 7. The van der Waals surface area contributed by atoms with E-state index in [1.807, 2.05) is 13.8 Å². The van der Waals surface area contributed by atoms with Gasteiger partial charge in [0.1, 0.15) is 6.10 Å². The third-order valence-corrected chi connectivity index (χ3v) is 5.03. The Kier molecular flexibility index (Phi) is 10.0. The number of rotatable bonds is 10. The highest BCUT2D eigenvalue weighted by Crippen LogP contribution is 2.34. The van der Waals surface area contributed by atoms with Crippen molar-refractivity contribution in [1.82, 2.24) is 10.6 Å². The van der Waals surface area contributed by atoms with Crippen LogP contribution in [0, 0.1) is 5.41 Å². The van der Waals surface area contributed by atoms with Crippen molar-refractivity contribution in [3.63, 3.8) is 0 Å². The third-order valence-electron chi connectivity index (χ3n) is 4.15. The van der Waals surface area contributed by atoms with Crippen molar-refractivity contribution in [1.29, 1.82) is 0 Å². The van der Waals surface area contributed by atoms with E-state index < -0.39 is 17.3 Å². The monoisotopic (exact) mass is 428 g/mol. The Morgan fingerprint density at radius 3 is 2.45 bits per heavy atom. The Hall–Kier alpha value is -1.71. The summed E-state index contributed by atoms with van der Waals surface area (Å²) in [6.07, 6.45) is 2.27. The molecule has 2 amide bonds. The molecule has 8 nitrogen and oxygen atoms in total. The Morgan fingerprint density at radius 2 is 1.79 bits per heavy atom. The zero-order valence-electron chi connectivity index (χ0n) is 17.8. The molecule has 0 aromatic rings. The van der Waals surface area contributed by atoms with Gasteiger partial charge >= 0.3 is 0 Å². The SMILES string of the molecule is C/C=C/C(=O)CC(=O)SCCNC(=O)CCNC(=O)C1OC(C)(C)OCC1(C)C. The minimum absolute atomic E-state index is 0.122. The van der Waals surface area contributed by atoms with Gasteiger partial charge in [0.05, 0.1) is 13.0 Å². The van der Waals surface area contributed by atoms with E-state index in [-0.39, 0.29) is 42.1 Å². The minimum Gasteiger partial charge on any atom is -0.355 e. The van der Waals surface area contributed by atoms with Crippen molar-refractivity contribution >= 4 is 34.5 Å². The molecule has 1 fully saturated rings. The van der Waals surface area contributed by atoms with Gasteiger partial charge in [0.25, 0.3) is 0 Å². The lowest BCUT2D eigenvalue weighted by Gasteiger charge is -2.44. The van der Waals surface area contributed by atoms with Crippen molar-refractivity contribution < 1.29 is 28.7 Å². The predicted molar refractivity (Wildman–Crippen MR) is 111 cm³/mol. The normalized spacial score (nSPS) is 20.2. The molecule has 164 valence electrons. The molecule has 1 aliphatic rings. The van der Waals surface area contributed by atoms with E-state index in [0.29, 0.717) is 18.9 Å². The van der Waals surface area contributed by atoms with Crippen molar-refractivity contribution in [3.05, 3.63) is 12.2 Å². The summed E-state index contributed by atoms with van der Waals surface area (Å²) in [6, 6.07) is 0. The van der Waals surface area contributed by atoms with Crippen LogP contribution < -0.4 is 10.6 Å². The highest BCUT2D eigenvalue weighted by molar-refractivity contribution is 8.13. The van der Waals surface area contributed by atoms with Crippen LogP contribution in [0.1, 0.15) is 47.5 Å². The lowest BCUT2D eigenvalue weighted by atomic mass is 9.85. The first-order valence-corrected chi connectivity index (χ1v) is 10.6. The maximum absolute atomic E-state index is 12.5. The quantitative estimate of drug-likeness (QED) is 0.309. The number of ketones is 1. The molecule has 0 radical (unpaired) electrons. The van der Waals surface area contributed by atoms with E-state index >= 15 is 0 Å². The third kappa shape index (κ3) is 9.56. The fourth-order valence-electron chi connectivity index (χ4n) is 2.59. The van der Waals surface area contributed by atoms with Crippen LogP contribution in [0.15, 0.2) is 12.2 Å². The van der Waals surface area contributed by atoms with Crippen LogP contribution in [0.3, 0.4) is 0 Å². The molecule has 0 aromatic carbocycles. The van der Waals surface area contributed by atoms with Crippen molar-refractivity contribution in [2.45, 2.75) is 59.4 Å². The summed E-state index contributed by atoms with van der Waals surface area (Å²) in [5.74, 6) is -1.17. The van der Waals surface area contributed by atoms with Gasteiger partial charge in [-0.3, -0.25) is 19.2 Å². The molecule has 1 aliphatic heterocycles. The highest BCUT2D eigenvalue weighted by atomic mass is 32.2. The zero-order chi connectivity index (χ0) is 22.1. The van der Waals surface area contributed by atoms with E-state index in [2.05, 4.69) is 10.6 Å². The fourth-order valence-corrected chi connectivity index (χ4v) is 3.27. The summed E-state index contributed by atoms with van der Waals surface area (Å²) in [4.78, 5) is 47.2. The number of allylic oxidation sites excluding steroid dienone is 2. The highest BCUT2D eigenvalue weighted by Gasteiger charge is 2.45. The van der Waals surface area contributed by atoms with Gasteiger partial charge < -0.3 is 20.1 Å². The average molecular weight is 429 g/mol. The molecular weight excluding hydrogens is 396 g/mol. The maximum Gasteiger partial charge on any atom is 0.249 e.